The number of nitrogens with zero attached hydrogens (tertiary/aromatic N) is 3. The van der Waals surface area contributed by atoms with Crippen molar-refractivity contribution >= 4 is 0 Å². The summed E-state index contributed by atoms with van der Waals surface area (Å²) < 4.78 is 1.99. The van der Waals surface area contributed by atoms with E-state index in [9.17, 15) is 5.11 Å². The molecule has 0 aromatic carbocycles. The number of hydrogen-bond acceptors (Lipinski definition) is 3. The van der Waals surface area contributed by atoms with Crippen molar-refractivity contribution in [1.29, 1.82) is 0 Å². The summed E-state index contributed by atoms with van der Waals surface area (Å²) in [5.74, 6) is 0. The molecular weight excluding hydrogens is 202 g/mol. The van der Waals surface area contributed by atoms with Gasteiger partial charge in [-0.05, 0) is 33.2 Å². The molecule has 1 fully saturated rings. The van der Waals surface area contributed by atoms with Crippen LogP contribution >= 0.6 is 0 Å². The molecule has 1 aromatic heterocycles. The van der Waals surface area contributed by atoms with Crippen molar-refractivity contribution in [3.63, 3.8) is 0 Å². The fourth-order valence-electron chi connectivity index (χ4n) is 2.29. The van der Waals surface area contributed by atoms with E-state index in [2.05, 4.69) is 30.0 Å². The van der Waals surface area contributed by atoms with E-state index in [0.717, 1.165) is 19.5 Å². The van der Waals surface area contributed by atoms with Gasteiger partial charge in [0.2, 0.25) is 0 Å². The third kappa shape index (κ3) is 2.44. The highest BCUT2D eigenvalue weighted by atomic mass is 16.3. The van der Waals surface area contributed by atoms with Gasteiger partial charge in [-0.1, -0.05) is 0 Å². The predicted octanol–water partition coefficient (Wildman–Crippen LogP) is 1.42. The molecule has 0 bridgehead atoms. The largest absolute Gasteiger partial charge is 0.395 e. The van der Waals surface area contributed by atoms with Gasteiger partial charge in [0.15, 0.2) is 0 Å². The Morgan fingerprint density at radius 3 is 3.00 bits per heavy atom. The lowest BCUT2D eigenvalue weighted by Crippen LogP contribution is -2.31. The van der Waals surface area contributed by atoms with Gasteiger partial charge in [0, 0.05) is 30.4 Å². The molecule has 1 aromatic rings. The summed E-state index contributed by atoms with van der Waals surface area (Å²) in [5.41, 5.74) is 1.24. The average Bonchev–Trinajstić information content (AvgIpc) is 2.87. The molecule has 1 N–H and O–H groups in total. The second-order valence-electron chi connectivity index (χ2n) is 4.87. The van der Waals surface area contributed by atoms with Gasteiger partial charge < -0.3 is 5.11 Å². The Balaban J connectivity index is 1.97. The second-order valence-corrected chi connectivity index (χ2v) is 4.87. The van der Waals surface area contributed by atoms with Crippen LogP contribution < -0.4 is 0 Å². The van der Waals surface area contributed by atoms with Crippen molar-refractivity contribution in [3.8, 4) is 0 Å². The van der Waals surface area contributed by atoms with Gasteiger partial charge in [0.25, 0.3) is 0 Å². The van der Waals surface area contributed by atoms with Gasteiger partial charge in [-0.15, -0.1) is 0 Å². The Labute approximate surface area is 96.9 Å². The summed E-state index contributed by atoms with van der Waals surface area (Å²) in [6.07, 6.45) is 6.36. The van der Waals surface area contributed by atoms with Crippen LogP contribution in [0.5, 0.6) is 0 Å². The monoisotopic (exact) mass is 223 g/mol. The molecule has 0 aliphatic carbocycles. The van der Waals surface area contributed by atoms with E-state index in [-0.39, 0.29) is 6.61 Å². The maximum atomic E-state index is 9.25. The van der Waals surface area contributed by atoms with Crippen molar-refractivity contribution < 1.29 is 5.11 Å². The summed E-state index contributed by atoms with van der Waals surface area (Å²) in [6.45, 7) is 6.54. The topological polar surface area (TPSA) is 41.3 Å². The first-order valence-electron chi connectivity index (χ1n) is 6.08. The average molecular weight is 223 g/mol. The minimum atomic E-state index is 0.276. The molecule has 0 saturated carbocycles. The molecule has 1 saturated heterocycles. The summed E-state index contributed by atoms with van der Waals surface area (Å²) in [6, 6.07) is 0.767. The highest BCUT2D eigenvalue weighted by Gasteiger charge is 2.23. The van der Waals surface area contributed by atoms with E-state index in [1.807, 2.05) is 10.9 Å². The standard InChI is InChI=1S/C12H21N3O/c1-10(2)15-8-11(6-13-15)7-14-5-3-4-12(14)9-16/h6,8,10,12,16H,3-5,7,9H2,1-2H3. The number of aliphatic hydroxyl groups is 1. The summed E-state index contributed by atoms with van der Waals surface area (Å²) in [7, 11) is 0. The van der Waals surface area contributed by atoms with Gasteiger partial charge in [-0.3, -0.25) is 9.58 Å². The normalized spacial score (nSPS) is 22.1. The third-order valence-electron chi connectivity index (χ3n) is 3.28. The van der Waals surface area contributed by atoms with E-state index in [4.69, 9.17) is 0 Å². The van der Waals surface area contributed by atoms with Crippen molar-refractivity contribution in [2.45, 2.75) is 45.3 Å². The minimum absolute atomic E-state index is 0.276. The van der Waals surface area contributed by atoms with Gasteiger partial charge in [0.05, 0.1) is 12.8 Å². The van der Waals surface area contributed by atoms with Crippen LogP contribution in [-0.2, 0) is 6.54 Å². The Kier molecular flexibility index (Phi) is 3.61. The zero-order chi connectivity index (χ0) is 11.5. The van der Waals surface area contributed by atoms with Crippen LogP contribution in [0.4, 0.5) is 0 Å². The molecule has 16 heavy (non-hydrogen) atoms. The second kappa shape index (κ2) is 4.97. The van der Waals surface area contributed by atoms with Crippen molar-refractivity contribution in [2.24, 2.45) is 0 Å². The third-order valence-corrected chi connectivity index (χ3v) is 3.28. The molecule has 1 atom stereocenters. The van der Waals surface area contributed by atoms with E-state index in [1.165, 1.54) is 12.0 Å². The SMILES string of the molecule is CC(C)n1cc(CN2CCCC2CO)cn1. The summed E-state index contributed by atoms with van der Waals surface area (Å²) in [5, 5.41) is 13.6. The maximum absolute atomic E-state index is 9.25. The maximum Gasteiger partial charge on any atom is 0.0587 e. The molecule has 2 heterocycles. The summed E-state index contributed by atoms with van der Waals surface area (Å²) >= 11 is 0. The first-order valence-corrected chi connectivity index (χ1v) is 6.08. The van der Waals surface area contributed by atoms with Crippen molar-refractivity contribution in [3.05, 3.63) is 18.0 Å². The van der Waals surface area contributed by atoms with Crippen LogP contribution in [0.15, 0.2) is 12.4 Å². The van der Waals surface area contributed by atoms with Gasteiger partial charge >= 0.3 is 0 Å². The van der Waals surface area contributed by atoms with E-state index >= 15 is 0 Å². The molecule has 2 rings (SSSR count). The molecule has 0 spiro atoms. The molecule has 90 valence electrons. The van der Waals surface area contributed by atoms with Crippen LogP contribution in [0.3, 0.4) is 0 Å². The molecule has 1 aliphatic heterocycles. The molecule has 0 radical (unpaired) electrons. The molecule has 0 amide bonds. The van der Waals surface area contributed by atoms with Crippen LogP contribution in [0.1, 0.15) is 38.3 Å². The first kappa shape index (κ1) is 11.6. The molecule has 1 unspecified atom stereocenters. The Morgan fingerprint density at radius 2 is 2.38 bits per heavy atom. The quantitative estimate of drug-likeness (QED) is 0.839. The van der Waals surface area contributed by atoms with Crippen molar-refractivity contribution in [1.82, 2.24) is 14.7 Å². The lowest BCUT2D eigenvalue weighted by molar-refractivity contribution is 0.153. The van der Waals surface area contributed by atoms with Crippen LogP contribution in [-0.4, -0.2) is 39.0 Å². The lowest BCUT2D eigenvalue weighted by atomic mass is 10.2. The van der Waals surface area contributed by atoms with Crippen LogP contribution in [0.2, 0.25) is 0 Å². The van der Waals surface area contributed by atoms with Gasteiger partial charge in [0.1, 0.15) is 0 Å². The van der Waals surface area contributed by atoms with Crippen LogP contribution in [0.25, 0.3) is 0 Å². The highest BCUT2D eigenvalue weighted by molar-refractivity contribution is 5.05. The fraction of sp³-hybridized carbons (Fsp3) is 0.750. The van der Waals surface area contributed by atoms with Crippen molar-refractivity contribution in [2.75, 3.05) is 13.2 Å². The zero-order valence-electron chi connectivity index (χ0n) is 10.1. The fourth-order valence-corrected chi connectivity index (χ4v) is 2.29. The highest BCUT2D eigenvalue weighted by Crippen LogP contribution is 2.19. The lowest BCUT2D eigenvalue weighted by Gasteiger charge is -2.21. The zero-order valence-corrected chi connectivity index (χ0v) is 10.1. The number of hydrogen-bond donors (Lipinski definition) is 1. The summed E-state index contributed by atoms with van der Waals surface area (Å²) in [4.78, 5) is 2.35. The Bertz CT molecular complexity index is 335. The smallest absolute Gasteiger partial charge is 0.0587 e. The Hall–Kier alpha value is -0.870. The van der Waals surface area contributed by atoms with E-state index in [0.29, 0.717) is 12.1 Å². The molecule has 4 nitrogen and oxygen atoms in total. The van der Waals surface area contributed by atoms with Gasteiger partial charge in [-0.2, -0.15) is 5.10 Å². The minimum Gasteiger partial charge on any atom is -0.395 e. The number of aromatic nitrogens is 2. The molecular formula is C12H21N3O. The molecule has 1 aliphatic rings. The van der Waals surface area contributed by atoms with Crippen LogP contribution in [0, 0.1) is 0 Å². The van der Waals surface area contributed by atoms with E-state index < -0.39 is 0 Å². The molecule has 4 heteroatoms. The van der Waals surface area contributed by atoms with Gasteiger partial charge in [-0.25, -0.2) is 0 Å². The number of likely N-dealkylation sites (tertiary alicyclic amines) is 1. The predicted molar refractivity (Wildman–Crippen MR) is 63.1 cm³/mol. The number of rotatable bonds is 4. The van der Waals surface area contributed by atoms with E-state index in [1.54, 1.807) is 0 Å². The first-order chi connectivity index (χ1) is 7.70. The Morgan fingerprint density at radius 1 is 1.56 bits per heavy atom. The number of aliphatic hydroxyl groups excluding tert-OH is 1.